The fourth-order valence-corrected chi connectivity index (χ4v) is 3.80. The monoisotopic (exact) mass is 380 g/mol. The number of amides is 1. The smallest absolute Gasteiger partial charge is 0.329 e. The molecule has 3 aromatic rings. The lowest BCUT2D eigenvalue weighted by Gasteiger charge is -2.35. The van der Waals surface area contributed by atoms with Gasteiger partial charge in [0.25, 0.3) is 0 Å². The van der Waals surface area contributed by atoms with E-state index in [1.165, 1.54) is 0 Å². The first-order valence-corrected chi connectivity index (χ1v) is 9.66. The van der Waals surface area contributed by atoms with E-state index in [1.807, 2.05) is 36.1 Å². The molecule has 1 aliphatic rings. The number of aryl methyl sites for hydroxylation is 2. The summed E-state index contributed by atoms with van der Waals surface area (Å²) in [5, 5.41) is 0. The molecule has 146 valence electrons. The number of para-hydroxylation sites is 2. The maximum atomic E-state index is 12.7. The molecule has 0 N–H and O–H groups in total. The van der Waals surface area contributed by atoms with Gasteiger partial charge in [0.15, 0.2) is 0 Å². The van der Waals surface area contributed by atoms with E-state index in [9.17, 15) is 9.59 Å². The zero-order valence-electron chi connectivity index (χ0n) is 16.0. The van der Waals surface area contributed by atoms with Crippen molar-refractivity contribution in [3.63, 3.8) is 0 Å². The highest BCUT2D eigenvalue weighted by molar-refractivity contribution is 5.78. The second kappa shape index (κ2) is 7.84. The summed E-state index contributed by atoms with van der Waals surface area (Å²) in [7, 11) is 0. The van der Waals surface area contributed by atoms with Gasteiger partial charge in [0.1, 0.15) is 5.82 Å². The predicted molar refractivity (Wildman–Crippen MR) is 107 cm³/mol. The maximum Gasteiger partial charge on any atom is 0.329 e. The van der Waals surface area contributed by atoms with E-state index in [2.05, 4.69) is 14.9 Å². The van der Waals surface area contributed by atoms with E-state index in [-0.39, 0.29) is 11.6 Å². The van der Waals surface area contributed by atoms with Crippen LogP contribution in [-0.2, 0) is 17.9 Å². The number of carbonyl (C=O) groups excluding carboxylic acids is 1. The van der Waals surface area contributed by atoms with E-state index >= 15 is 0 Å². The highest BCUT2D eigenvalue weighted by Crippen LogP contribution is 2.15. The van der Waals surface area contributed by atoms with E-state index in [4.69, 9.17) is 0 Å². The Labute approximate surface area is 163 Å². The fourth-order valence-electron chi connectivity index (χ4n) is 3.80. The molecule has 1 amide bonds. The number of imidazole rings is 1. The topological polar surface area (TPSA) is 76.3 Å². The first kappa shape index (κ1) is 18.2. The van der Waals surface area contributed by atoms with Crippen LogP contribution >= 0.6 is 0 Å². The number of carbonyl (C=O) groups is 1. The summed E-state index contributed by atoms with van der Waals surface area (Å²) in [6.45, 7) is 5.75. The summed E-state index contributed by atoms with van der Waals surface area (Å²) in [4.78, 5) is 37.8. The molecular formula is C20H24N6O2. The van der Waals surface area contributed by atoms with Gasteiger partial charge in [0.2, 0.25) is 5.91 Å². The second-order valence-electron chi connectivity index (χ2n) is 6.85. The van der Waals surface area contributed by atoms with Gasteiger partial charge in [-0.1, -0.05) is 12.1 Å². The highest BCUT2D eigenvalue weighted by Gasteiger charge is 2.22. The molecule has 1 aliphatic heterocycles. The van der Waals surface area contributed by atoms with Crippen LogP contribution < -0.4 is 10.6 Å². The molecule has 28 heavy (non-hydrogen) atoms. The number of anilines is 1. The minimum absolute atomic E-state index is 0.0519. The fraction of sp³-hybridized carbons (Fsp3) is 0.400. The van der Waals surface area contributed by atoms with E-state index in [0.717, 1.165) is 29.9 Å². The lowest BCUT2D eigenvalue weighted by atomic mass is 10.2. The van der Waals surface area contributed by atoms with Gasteiger partial charge in [-0.05, 0) is 19.1 Å². The molecule has 8 heteroatoms. The number of nitrogens with zero attached hydrogens (tertiary/aromatic N) is 6. The Balaban J connectivity index is 1.40. The molecule has 0 aliphatic carbocycles. The van der Waals surface area contributed by atoms with Crippen LogP contribution in [0, 0.1) is 0 Å². The summed E-state index contributed by atoms with van der Waals surface area (Å²) in [6, 6.07) is 7.74. The molecule has 1 aromatic carbocycles. The van der Waals surface area contributed by atoms with Gasteiger partial charge < -0.3 is 9.80 Å². The van der Waals surface area contributed by atoms with Gasteiger partial charge in [-0.25, -0.2) is 9.78 Å². The van der Waals surface area contributed by atoms with Crippen LogP contribution in [0.5, 0.6) is 0 Å². The third-order valence-corrected chi connectivity index (χ3v) is 5.30. The predicted octanol–water partition coefficient (Wildman–Crippen LogP) is 1.35. The summed E-state index contributed by atoms with van der Waals surface area (Å²) in [5.74, 6) is 0.924. The second-order valence-corrected chi connectivity index (χ2v) is 6.85. The molecule has 1 saturated heterocycles. The van der Waals surface area contributed by atoms with E-state index < -0.39 is 0 Å². The standard InChI is InChI=1S/C20H24N6O2/c1-2-25-16-5-3-4-6-17(16)26(20(25)28)10-7-19(27)24-13-11-23(12-14-24)18-15-21-8-9-22-18/h3-6,8-9,15H,2,7,10-14H2,1H3. The summed E-state index contributed by atoms with van der Waals surface area (Å²) >= 11 is 0. The molecule has 0 radical (unpaired) electrons. The minimum Gasteiger partial charge on any atom is -0.352 e. The lowest BCUT2D eigenvalue weighted by Crippen LogP contribution is -2.49. The van der Waals surface area contributed by atoms with E-state index in [1.54, 1.807) is 27.7 Å². The summed E-state index contributed by atoms with van der Waals surface area (Å²) < 4.78 is 3.46. The Morgan fingerprint density at radius 2 is 1.75 bits per heavy atom. The van der Waals surface area contributed by atoms with Crippen molar-refractivity contribution in [3.8, 4) is 0 Å². The van der Waals surface area contributed by atoms with Crippen molar-refractivity contribution in [2.45, 2.75) is 26.4 Å². The van der Waals surface area contributed by atoms with Crippen molar-refractivity contribution in [1.82, 2.24) is 24.0 Å². The molecule has 0 unspecified atom stereocenters. The van der Waals surface area contributed by atoms with Crippen LogP contribution in [0.25, 0.3) is 11.0 Å². The van der Waals surface area contributed by atoms with Crippen molar-refractivity contribution >= 4 is 22.8 Å². The van der Waals surface area contributed by atoms with Crippen LogP contribution in [0.2, 0.25) is 0 Å². The molecule has 4 rings (SSSR count). The zero-order valence-corrected chi connectivity index (χ0v) is 16.0. The van der Waals surface area contributed by atoms with Crippen LogP contribution in [0.15, 0.2) is 47.7 Å². The Morgan fingerprint density at radius 3 is 2.39 bits per heavy atom. The van der Waals surface area contributed by atoms with Gasteiger partial charge in [-0.15, -0.1) is 0 Å². The average molecular weight is 380 g/mol. The normalized spacial score (nSPS) is 14.6. The Morgan fingerprint density at radius 1 is 1.04 bits per heavy atom. The Hall–Kier alpha value is -3.16. The molecule has 0 saturated carbocycles. The first-order chi connectivity index (χ1) is 13.7. The lowest BCUT2D eigenvalue weighted by molar-refractivity contribution is -0.131. The van der Waals surface area contributed by atoms with Gasteiger partial charge in [0, 0.05) is 58.1 Å². The van der Waals surface area contributed by atoms with Crippen molar-refractivity contribution < 1.29 is 4.79 Å². The SMILES string of the molecule is CCn1c(=O)n(CCC(=O)N2CCN(c3cnccn3)CC2)c2ccccc21. The number of hydrogen-bond donors (Lipinski definition) is 0. The zero-order chi connectivity index (χ0) is 19.5. The number of rotatable bonds is 5. The number of hydrogen-bond acceptors (Lipinski definition) is 5. The highest BCUT2D eigenvalue weighted by atomic mass is 16.2. The van der Waals surface area contributed by atoms with Crippen LogP contribution in [0.4, 0.5) is 5.82 Å². The molecule has 0 spiro atoms. The first-order valence-electron chi connectivity index (χ1n) is 9.66. The van der Waals surface area contributed by atoms with E-state index in [0.29, 0.717) is 32.6 Å². The number of aromatic nitrogens is 4. The molecule has 8 nitrogen and oxygen atoms in total. The molecule has 0 bridgehead atoms. The average Bonchev–Trinajstić information content (AvgIpc) is 3.03. The van der Waals surface area contributed by atoms with Gasteiger partial charge in [0.05, 0.1) is 17.2 Å². The number of fused-ring (bicyclic) bond motifs is 1. The van der Waals surface area contributed by atoms with Crippen molar-refractivity contribution in [2.75, 3.05) is 31.1 Å². The van der Waals surface area contributed by atoms with Crippen LogP contribution in [0.3, 0.4) is 0 Å². The van der Waals surface area contributed by atoms with Crippen LogP contribution in [0.1, 0.15) is 13.3 Å². The molecule has 1 fully saturated rings. The molecular weight excluding hydrogens is 356 g/mol. The molecule has 3 heterocycles. The van der Waals surface area contributed by atoms with Crippen LogP contribution in [-0.4, -0.2) is 56.1 Å². The van der Waals surface area contributed by atoms with Gasteiger partial charge in [-0.3, -0.25) is 18.9 Å². The number of benzene rings is 1. The Kier molecular flexibility index (Phi) is 5.10. The third-order valence-electron chi connectivity index (χ3n) is 5.30. The van der Waals surface area contributed by atoms with Gasteiger partial charge in [-0.2, -0.15) is 0 Å². The van der Waals surface area contributed by atoms with Crippen molar-refractivity contribution in [1.29, 1.82) is 0 Å². The Bertz CT molecular complexity index is 1020. The van der Waals surface area contributed by atoms with Gasteiger partial charge >= 0.3 is 5.69 Å². The largest absolute Gasteiger partial charge is 0.352 e. The molecule has 0 atom stereocenters. The summed E-state index contributed by atoms with van der Waals surface area (Å²) in [5.41, 5.74) is 1.75. The minimum atomic E-state index is -0.0519. The molecule has 2 aromatic heterocycles. The third kappa shape index (κ3) is 3.37. The summed E-state index contributed by atoms with van der Waals surface area (Å²) in [6.07, 6.45) is 5.40. The quantitative estimate of drug-likeness (QED) is 0.668. The number of piperazine rings is 1. The van der Waals surface area contributed by atoms with Crippen molar-refractivity contribution in [3.05, 3.63) is 53.3 Å². The van der Waals surface area contributed by atoms with Crippen molar-refractivity contribution in [2.24, 2.45) is 0 Å². The maximum absolute atomic E-state index is 12.7.